The van der Waals surface area contributed by atoms with Crippen LogP contribution >= 0.6 is 0 Å². The maximum Gasteiger partial charge on any atom is 0.149 e. The Hall–Kier alpha value is -0.840. The van der Waals surface area contributed by atoms with Gasteiger partial charge in [0.15, 0.2) is 0 Å². The Balaban J connectivity index is 3.10. The minimum absolute atomic E-state index is 0.440. The van der Waals surface area contributed by atoms with Crippen molar-refractivity contribution in [2.24, 2.45) is 0 Å². The number of nitrogens with zero attached hydrogens (tertiary/aromatic N) is 2. The number of nitrogens with two attached hydrogens (primary N) is 1. The summed E-state index contributed by atoms with van der Waals surface area (Å²) in [5.74, 6) is 0.440. The predicted molar refractivity (Wildman–Crippen MR) is 40.8 cm³/mol. The maximum atomic E-state index is 10.8. The van der Waals surface area contributed by atoms with Crippen molar-refractivity contribution in [3.63, 3.8) is 0 Å². The van der Waals surface area contributed by atoms with Crippen LogP contribution in [0.1, 0.15) is 5.56 Å². The summed E-state index contributed by atoms with van der Waals surface area (Å²) in [6.07, 6.45) is 3.21. The Morgan fingerprint density at radius 2 is 2.40 bits per heavy atom. The number of hydrogen-bond acceptors (Lipinski definition) is 3. The van der Waals surface area contributed by atoms with Crippen molar-refractivity contribution in [3.8, 4) is 0 Å². The molecule has 1 heterocycles. The lowest BCUT2D eigenvalue weighted by Gasteiger charge is -1.89. The SMILES string of the molecule is Cc1cn(S(C)=O)nc1N. The van der Waals surface area contributed by atoms with Crippen LogP contribution in [0.15, 0.2) is 6.20 Å². The first-order chi connectivity index (χ1) is 4.61. The second-order valence-corrected chi connectivity index (χ2v) is 3.25. The van der Waals surface area contributed by atoms with Gasteiger partial charge in [-0.1, -0.05) is 0 Å². The summed E-state index contributed by atoms with van der Waals surface area (Å²) < 4.78 is 12.1. The lowest BCUT2D eigenvalue weighted by Crippen LogP contribution is -2.02. The normalized spacial score (nSPS) is 13.4. The molecule has 0 fully saturated rings. The van der Waals surface area contributed by atoms with E-state index in [0.717, 1.165) is 5.56 Å². The van der Waals surface area contributed by atoms with Crippen molar-refractivity contribution >= 4 is 16.8 Å². The molecule has 0 saturated heterocycles. The highest BCUT2D eigenvalue weighted by Gasteiger charge is 2.01. The van der Waals surface area contributed by atoms with Crippen LogP contribution in [0.3, 0.4) is 0 Å². The van der Waals surface area contributed by atoms with Crippen LogP contribution in [-0.4, -0.2) is 19.7 Å². The number of nitrogen functional groups attached to an aromatic ring is 1. The molecule has 1 atom stereocenters. The molecule has 0 aliphatic rings. The molecule has 0 spiro atoms. The third-order valence-electron chi connectivity index (χ3n) is 1.18. The molecular formula is C5H9N3OS. The molecule has 4 nitrogen and oxygen atoms in total. The summed E-state index contributed by atoms with van der Waals surface area (Å²) in [7, 11) is -1.09. The van der Waals surface area contributed by atoms with Crippen molar-refractivity contribution < 1.29 is 4.21 Å². The average molecular weight is 159 g/mol. The lowest BCUT2D eigenvalue weighted by atomic mass is 10.4. The fourth-order valence-corrected chi connectivity index (χ4v) is 1.09. The third-order valence-corrected chi connectivity index (χ3v) is 1.89. The Kier molecular flexibility index (Phi) is 1.76. The first kappa shape index (κ1) is 7.27. The van der Waals surface area contributed by atoms with Gasteiger partial charge in [0.25, 0.3) is 0 Å². The fourth-order valence-electron chi connectivity index (χ4n) is 0.577. The van der Waals surface area contributed by atoms with Crippen LogP contribution < -0.4 is 5.73 Å². The minimum atomic E-state index is -1.09. The van der Waals surface area contributed by atoms with E-state index in [1.54, 1.807) is 12.5 Å². The van der Waals surface area contributed by atoms with E-state index >= 15 is 0 Å². The van der Waals surface area contributed by atoms with Gasteiger partial charge in [-0.05, 0) is 6.92 Å². The molecule has 1 aromatic heterocycles. The predicted octanol–water partition coefficient (Wildman–Crippen LogP) is -0.0847. The van der Waals surface area contributed by atoms with Gasteiger partial charge in [0.05, 0.1) is 0 Å². The van der Waals surface area contributed by atoms with Crippen molar-refractivity contribution in [1.82, 2.24) is 9.19 Å². The van der Waals surface area contributed by atoms with Crippen molar-refractivity contribution in [2.45, 2.75) is 6.92 Å². The smallest absolute Gasteiger partial charge is 0.149 e. The van der Waals surface area contributed by atoms with E-state index in [-0.39, 0.29) is 0 Å². The highest BCUT2D eigenvalue weighted by Crippen LogP contribution is 2.05. The standard InChI is InChI=1S/C5H9N3OS/c1-4-3-8(10(2)9)7-5(4)6/h3H,1-2H3,(H2,6,7). The molecule has 5 heteroatoms. The maximum absolute atomic E-state index is 10.8. The monoisotopic (exact) mass is 159 g/mol. The topological polar surface area (TPSA) is 60.9 Å². The third kappa shape index (κ3) is 1.18. The van der Waals surface area contributed by atoms with Crippen LogP contribution in [0.5, 0.6) is 0 Å². The summed E-state index contributed by atoms with van der Waals surface area (Å²) in [5.41, 5.74) is 6.27. The van der Waals surface area contributed by atoms with Crippen LogP contribution in [0, 0.1) is 6.92 Å². The zero-order valence-electron chi connectivity index (χ0n) is 5.87. The molecule has 0 aliphatic carbocycles. The molecule has 0 bridgehead atoms. The van der Waals surface area contributed by atoms with Crippen molar-refractivity contribution in [2.75, 3.05) is 12.0 Å². The number of aromatic nitrogens is 2. The highest BCUT2D eigenvalue weighted by molar-refractivity contribution is 7.82. The number of aryl methyl sites for hydroxylation is 1. The van der Waals surface area contributed by atoms with Crippen LogP contribution in [0.25, 0.3) is 0 Å². The van der Waals surface area contributed by atoms with E-state index in [1.807, 2.05) is 6.92 Å². The van der Waals surface area contributed by atoms with E-state index in [9.17, 15) is 4.21 Å². The molecule has 0 aromatic carbocycles. The van der Waals surface area contributed by atoms with Gasteiger partial charge in [-0.25, -0.2) is 4.21 Å². The lowest BCUT2D eigenvalue weighted by molar-refractivity contribution is 0.675. The van der Waals surface area contributed by atoms with Gasteiger partial charge in [0.2, 0.25) is 0 Å². The molecule has 0 radical (unpaired) electrons. The Morgan fingerprint density at radius 1 is 1.80 bits per heavy atom. The van der Waals surface area contributed by atoms with E-state index in [4.69, 9.17) is 5.73 Å². The van der Waals surface area contributed by atoms with Gasteiger partial charge < -0.3 is 5.73 Å². The fraction of sp³-hybridized carbons (Fsp3) is 0.400. The number of hydrogen-bond donors (Lipinski definition) is 1. The molecule has 0 amide bonds. The van der Waals surface area contributed by atoms with Crippen LogP contribution in [-0.2, 0) is 11.0 Å². The zero-order chi connectivity index (χ0) is 7.72. The van der Waals surface area contributed by atoms with E-state index in [0.29, 0.717) is 5.82 Å². The molecule has 0 saturated carbocycles. The summed E-state index contributed by atoms with van der Waals surface area (Å²) in [6, 6.07) is 0. The Labute approximate surface area is 61.6 Å². The number of rotatable bonds is 1. The van der Waals surface area contributed by atoms with E-state index in [1.165, 1.54) is 4.09 Å². The van der Waals surface area contributed by atoms with Gasteiger partial charge in [-0.2, -0.15) is 4.09 Å². The summed E-state index contributed by atoms with van der Waals surface area (Å²) >= 11 is 0. The Morgan fingerprint density at radius 3 is 2.60 bits per heavy atom. The van der Waals surface area contributed by atoms with Crippen molar-refractivity contribution in [3.05, 3.63) is 11.8 Å². The summed E-state index contributed by atoms with van der Waals surface area (Å²) in [5, 5.41) is 3.80. The molecule has 2 N–H and O–H groups in total. The van der Waals surface area contributed by atoms with Gasteiger partial charge in [0.1, 0.15) is 16.8 Å². The minimum Gasteiger partial charge on any atom is -0.382 e. The quantitative estimate of drug-likeness (QED) is 0.623. The molecule has 1 rings (SSSR count). The molecule has 1 unspecified atom stereocenters. The van der Waals surface area contributed by atoms with E-state index < -0.39 is 11.0 Å². The van der Waals surface area contributed by atoms with Gasteiger partial charge in [0, 0.05) is 18.0 Å². The molecule has 10 heavy (non-hydrogen) atoms. The van der Waals surface area contributed by atoms with Gasteiger partial charge in [-0.15, -0.1) is 5.10 Å². The van der Waals surface area contributed by atoms with Crippen molar-refractivity contribution in [1.29, 1.82) is 0 Å². The second-order valence-electron chi connectivity index (χ2n) is 2.02. The molecule has 0 aliphatic heterocycles. The van der Waals surface area contributed by atoms with Crippen LogP contribution in [0.2, 0.25) is 0 Å². The number of anilines is 1. The van der Waals surface area contributed by atoms with E-state index in [2.05, 4.69) is 5.10 Å². The highest BCUT2D eigenvalue weighted by atomic mass is 32.2. The Bertz CT molecular complexity index is 248. The average Bonchev–Trinajstić information content (AvgIpc) is 2.13. The van der Waals surface area contributed by atoms with Crippen LogP contribution in [0.4, 0.5) is 5.82 Å². The zero-order valence-corrected chi connectivity index (χ0v) is 6.68. The van der Waals surface area contributed by atoms with Gasteiger partial charge >= 0.3 is 0 Å². The largest absolute Gasteiger partial charge is 0.382 e. The molecule has 1 aromatic rings. The second kappa shape index (κ2) is 2.42. The molecule has 56 valence electrons. The molecular weight excluding hydrogens is 150 g/mol. The summed E-state index contributed by atoms with van der Waals surface area (Å²) in [6.45, 7) is 1.83. The first-order valence-corrected chi connectivity index (χ1v) is 4.28. The van der Waals surface area contributed by atoms with Gasteiger partial charge in [-0.3, -0.25) is 0 Å². The first-order valence-electron chi connectivity index (χ1n) is 2.77. The summed E-state index contributed by atoms with van der Waals surface area (Å²) in [4.78, 5) is 0.